The molecule has 0 radical (unpaired) electrons. The number of carbonyl (C=O) groups is 1. The van der Waals surface area contributed by atoms with Crippen LogP contribution in [0.2, 0.25) is 0 Å². The zero-order valence-corrected chi connectivity index (χ0v) is 10.3. The highest BCUT2D eigenvalue weighted by molar-refractivity contribution is 7.99. The first-order valence-corrected chi connectivity index (χ1v) is 6.42. The first kappa shape index (κ1) is 12.8. The van der Waals surface area contributed by atoms with Crippen molar-refractivity contribution in [2.45, 2.75) is 18.6 Å². The molecular formula is C11H16N2O2S. The molecule has 1 rings (SSSR count). The molecule has 4 nitrogen and oxygen atoms in total. The average molecular weight is 240 g/mol. The van der Waals surface area contributed by atoms with Crippen LogP contribution in [0, 0.1) is 0 Å². The summed E-state index contributed by atoms with van der Waals surface area (Å²) in [4.78, 5) is 25.7. The van der Waals surface area contributed by atoms with E-state index in [0.29, 0.717) is 11.8 Å². The molecule has 1 unspecified atom stereocenters. The van der Waals surface area contributed by atoms with Crippen molar-refractivity contribution in [3.8, 4) is 0 Å². The summed E-state index contributed by atoms with van der Waals surface area (Å²) in [5.41, 5.74) is -0.0894. The Labute approximate surface area is 98.8 Å². The van der Waals surface area contributed by atoms with E-state index in [1.165, 1.54) is 18.5 Å². The molecule has 0 bridgehead atoms. The number of hydrogen-bond donors (Lipinski definition) is 2. The predicted octanol–water partition coefficient (Wildman–Crippen LogP) is 1.25. The molecule has 0 aliphatic rings. The van der Waals surface area contributed by atoms with E-state index >= 15 is 0 Å². The Kier molecular flexibility index (Phi) is 5.11. The Morgan fingerprint density at radius 2 is 2.38 bits per heavy atom. The SMILES string of the molecule is CSC(C)CCNC(=O)c1c[nH]ccc1=O. The van der Waals surface area contributed by atoms with Crippen LogP contribution < -0.4 is 10.7 Å². The summed E-state index contributed by atoms with van der Waals surface area (Å²) in [7, 11) is 0. The van der Waals surface area contributed by atoms with Crippen molar-refractivity contribution in [2.24, 2.45) is 0 Å². The maximum Gasteiger partial charge on any atom is 0.256 e. The van der Waals surface area contributed by atoms with E-state index in [2.05, 4.69) is 17.2 Å². The van der Waals surface area contributed by atoms with E-state index < -0.39 is 0 Å². The first-order chi connectivity index (χ1) is 7.65. The minimum atomic E-state index is -0.310. The first-order valence-electron chi connectivity index (χ1n) is 5.13. The third-order valence-corrected chi connectivity index (χ3v) is 3.35. The number of pyridine rings is 1. The van der Waals surface area contributed by atoms with E-state index in [9.17, 15) is 9.59 Å². The topological polar surface area (TPSA) is 62.0 Å². The molecule has 88 valence electrons. The van der Waals surface area contributed by atoms with Crippen LogP contribution in [0.1, 0.15) is 23.7 Å². The van der Waals surface area contributed by atoms with Crippen LogP contribution in [0.4, 0.5) is 0 Å². The van der Waals surface area contributed by atoms with Gasteiger partial charge in [-0.15, -0.1) is 0 Å². The van der Waals surface area contributed by atoms with E-state index in [-0.39, 0.29) is 16.9 Å². The number of rotatable bonds is 5. The number of H-pyrrole nitrogens is 1. The number of aromatic amines is 1. The fourth-order valence-electron chi connectivity index (χ4n) is 1.20. The summed E-state index contributed by atoms with van der Waals surface area (Å²) in [5.74, 6) is -0.310. The second-order valence-electron chi connectivity index (χ2n) is 3.51. The maximum atomic E-state index is 11.6. The van der Waals surface area contributed by atoms with Crippen LogP contribution >= 0.6 is 11.8 Å². The molecule has 5 heteroatoms. The van der Waals surface area contributed by atoms with E-state index in [1.807, 2.05) is 6.26 Å². The molecule has 0 aromatic carbocycles. The lowest BCUT2D eigenvalue weighted by atomic mass is 10.2. The van der Waals surface area contributed by atoms with Gasteiger partial charge in [-0.1, -0.05) is 6.92 Å². The molecule has 1 heterocycles. The molecule has 0 spiro atoms. The Morgan fingerprint density at radius 1 is 1.62 bits per heavy atom. The van der Waals surface area contributed by atoms with Crippen LogP contribution in [-0.4, -0.2) is 28.9 Å². The molecular weight excluding hydrogens is 224 g/mol. The van der Waals surface area contributed by atoms with Gasteiger partial charge in [-0.2, -0.15) is 11.8 Å². The van der Waals surface area contributed by atoms with Gasteiger partial charge >= 0.3 is 0 Å². The van der Waals surface area contributed by atoms with Crippen molar-refractivity contribution in [1.29, 1.82) is 0 Å². The highest BCUT2D eigenvalue weighted by Crippen LogP contribution is 2.07. The number of carbonyl (C=O) groups excluding carboxylic acids is 1. The number of hydrogen-bond acceptors (Lipinski definition) is 3. The third kappa shape index (κ3) is 3.73. The molecule has 0 saturated carbocycles. The van der Waals surface area contributed by atoms with Crippen LogP contribution in [-0.2, 0) is 0 Å². The maximum absolute atomic E-state index is 11.6. The van der Waals surface area contributed by atoms with Gasteiger partial charge in [0.05, 0.1) is 0 Å². The zero-order chi connectivity index (χ0) is 12.0. The van der Waals surface area contributed by atoms with Crippen molar-refractivity contribution >= 4 is 17.7 Å². The molecule has 1 atom stereocenters. The van der Waals surface area contributed by atoms with Gasteiger partial charge in [0, 0.05) is 30.3 Å². The van der Waals surface area contributed by atoms with Crippen LogP contribution in [0.15, 0.2) is 23.3 Å². The number of nitrogens with one attached hydrogen (secondary N) is 2. The second kappa shape index (κ2) is 6.37. The molecule has 0 aliphatic carbocycles. The molecule has 1 amide bonds. The minimum Gasteiger partial charge on any atom is -0.367 e. The number of thioether (sulfide) groups is 1. The summed E-state index contributed by atoms with van der Waals surface area (Å²) in [6, 6.07) is 1.35. The van der Waals surface area contributed by atoms with Crippen LogP contribution in [0.25, 0.3) is 0 Å². The van der Waals surface area contributed by atoms with Gasteiger partial charge in [0.25, 0.3) is 5.91 Å². The quantitative estimate of drug-likeness (QED) is 0.814. The summed E-state index contributed by atoms with van der Waals surface area (Å²) in [6.45, 7) is 2.70. The molecule has 0 saturated heterocycles. The Morgan fingerprint density at radius 3 is 3.00 bits per heavy atom. The normalized spacial score (nSPS) is 12.1. The third-order valence-electron chi connectivity index (χ3n) is 2.31. The predicted molar refractivity (Wildman–Crippen MR) is 67.0 cm³/mol. The van der Waals surface area contributed by atoms with Gasteiger partial charge in [-0.05, 0) is 12.7 Å². The van der Waals surface area contributed by atoms with Gasteiger partial charge in [-0.3, -0.25) is 9.59 Å². The van der Waals surface area contributed by atoms with Gasteiger partial charge in [0.15, 0.2) is 5.43 Å². The van der Waals surface area contributed by atoms with Crippen molar-refractivity contribution in [1.82, 2.24) is 10.3 Å². The van der Waals surface area contributed by atoms with Crippen molar-refractivity contribution < 1.29 is 4.79 Å². The van der Waals surface area contributed by atoms with E-state index in [4.69, 9.17) is 0 Å². The van der Waals surface area contributed by atoms with E-state index in [1.54, 1.807) is 11.8 Å². The van der Waals surface area contributed by atoms with Crippen molar-refractivity contribution in [2.75, 3.05) is 12.8 Å². The number of amides is 1. The van der Waals surface area contributed by atoms with Gasteiger partial charge < -0.3 is 10.3 Å². The second-order valence-corrected chi connectivity index (χ2v) is 4.79. The lowest BCUT2D eigenvalue weighted by Gasteiger charge is -2.08. The smallest absolute Gasteiger partial charge is 0.256 e. The monoisotopic (exact) mass is 240 g/mol. The highest BCUT2D eigenvalue weighted by atomic mass is 32.2. The van der Waals surface area contributed by atoms with Crippen molar-refractivity contribution in [3.05, 3.63) is 34.2 Å². The summed E-state index contributed by atoms with van der Waals surface area (Å²) >= 11 is 1.76. The van der Waals surface area contributed by atoms with Crippen LogP contribution in [0.3, 0.4) is 0 Å². The Hall–Kier alpha value is -1.23. The molecule has 2 N–H and O–H groups in total. The Bertz CT molecular complexity index is 403. The highest BCUT2D eigenvalue weighted by Gasteiger charge is 2.08. The average Bonchev–Trinajstić information content (AvgIpc) is 2.29. The fraction of sp³-hybridized carbons (Fsp3) is 0.455. The van der Waals surface area contributed by atoms with Gasteiger partial charge in [0.1, 0.15) is 5.56 Å². The van der Waals surface area contributed by atoms with Crippen molar-refractivity contribution in [3.63, 3.8) is 0 Å². The summed E-state index contributed by atoms with van der Waals surface area (Å²) < 4.78 is 0. The van der Waals surface area contributed by atoms with Gasteiger partial charge in [-0.25, -0.2) is 0 Å². The lowest BCUT2D eigenvalue weighted by Crippen LogP contribution is -2.30. The summed E-state index contributed by atoms with van der Waals surface area (Å²) in [6.07, 6.45) is 5.87. The van der Waals surface area contributed by atoms with Gasteiger partial charge in [0.2, 0.25) is 0 Å². The largest absolute Gasteiger partial charge is 0.367 e. The molecule has 1 aromatic rings. The number of aromatic nitrogens is 1. The molecule has 0 aliphatic heterocycles. The lowest BCUT2D eigenvalue weighted by molar-refractivity contribution is 0.0952. The fourth-order valence-corrected chi connectivity index (χ4v) is 1.55. The van der Waals surface area contributed by atoms with Crippen LogP contribution in [0.5, 0.6) is 0 Å². The molecule has 1 aromatic heterocycles. The Balaban J connectivity index is 2.48. The molecule has 16 heavy (non-hydrogen) atoms. The zero-order valence-electron chi connectivity index (χ0n) is 9.45. The van der Waals surface area contributed by atoms with E-state index in [0.717, 1.165) is 6.42 Å². The minimum absolute atomic E-state index is 0.166. The molecule has 0 fully saturated rings. The summed E-state index contributed by atoms with van der Waals surface area (Å²) in [5, 5.41) is 3.24. The standard InChI is InChI=1S/C11H16N2O2S/c1-8(16-2)3-6-13-11(15)9-7-12-5-4-10(9)14/h4-5,7-8H,3,6H2,1-2H3,(H,12,14)(H,13,15).